The summed E-state index contributed by atoms with van der Waals surface area (Å²) >= 11 is 1.26. The Kier molecular flexibility index (Phi) is 5.09. The van der Waals surface area contributed by atoms with Crippen molar-refractivity contribution in [3.8, 4) is 0 Å². The van der Waals surface area contributed by atoms with Crippen molar-refractivity contribution in [2.75, 3.05) is 18.9 Å². The van der Waals surface area contributed by atoms with E-state index < -0.39 is 11.2 Å². The van der Waals surface area contributed by atoms with E-state index in [-0.39, 0.29) is 29.4 Å². The molecule has 1 aliphatic heterocycles. The Hall–Kier alpha value is -3.44. The Bertz CT molecular complexity index is 1520. The molecule has 0 radical (unpaired) electrons. The SMILES string of the molecule is CC(C)n1c(=O)n(C)c(=O)c2c(C(=O)N3CCCO3)c(Cn3c(N)nc4ccccc43)sc21. The fourth-order valence-electron chi connectivity index (χ4n) is 4.27. The topological polar surface area (TPSA) is 117 Å². The molecule has 0 saturated carbocycles. The lowest BCUT2D eigenvalue weighted by molar-refractivity contribution is -0.0767. The van der Waals surface area contributed by atoms with Gasteiger partial charge in [-0.3, -0.25) is 23.6 Å². The summed E-state index contributed by atoms with van der Waals surface area (Å²) in [5.41, 5.74) is 7.11. The molecule has 3 aromatic heterocycles. The summed E-state index contributed by atoms with van der Waals surface area (Å²) in [6.45, 7) is 4.86. The molecule has 11 heteroatoms. The highest BCUT2D eigenvalue weighted by atomic mass is 32.1. The lowest BCUT2D eigenvalue weighted by Crippen LogP contribution is -2.39. The fourth-order valence-corrected chi connectivity index (χ4v) is 5.66. The first kappa shape index (κ1) is 21.4. The Balaban J connectivity index is 1.81. The Labute approximate surface area is 192 Å². The van der Waals surface area contributed by atoms with Gasteiger partial charge in [-0.2, -0.15) is 0 Å². The molecule has 0 bridgehead atoms. The second-order valence-electron chi connectivity index (χ2n) is 8.33. The van der Waals surface area contributed by atoms with E-state index in [1.165, 1.54) is 23.4 Å². The fraction of sp³-hybridized carbons (Fsp3) is 0.364. The smallest absolute Gasteiger partial charge is 0.332 e. The maximum atomic E-state index is 13.6. The highest BCUT2D eigenvalue weighted by Crippen LogP contribution is 2.33. The summed E-state index contributed by atoms with van der Waals surface area (Å²) < 4.78 is 4.42. The highest BCUT2D eigenvalue weighted by Gasteiger charge is 2.31. The third-order valence-electron chi connectivity index (χ3n) is 5.89. The number of hydrogen-bond donors (Lipinski definition) is 1. The van der Waals surface area contributed by atoms with E-state index in [4.69, 9.17) is 10.6 Å². The van der Waals surface area contributed by atoms with Gasteiger partial charge in [0.25, 0.3) is 11.5 Å². The van der Waals surface area contributed by atoms with Crippen molar-refractivity contribution in [1.29, 1.82) is 0 Å². The van der Waals surface area contributed by atoms with Crippen LogP contribution in [0.15, 0.2) is 33.9 Å². The predicted octanol–water partition coefficient (Wildman–Crippen LogP) is 2.10. The number of imidazole rings is 1. The number of thiophene rings is 1. The maximum Gasteiger partial charge on any atom is 0.332 e. The third kappa shape index (κ3) is 3.26. The molecule has 5 rings (SSSR count). The summed E-state index contributed by atoms with van der Waals surface area (Å²) in [5, 5.41) is 1.53. The Morgan fingerprint density at radius 2 is 2.03 bits per heavy atom. The molecule has 10 nitrogen and oxygen atoms in total. The van der Waals surface area contributed by atoms with E-state index in [9.17, 15) is 14.4 Å². The molecule has 2 N–H and O–H groups in total. The third-order valence-corrected chi connectivity index (χ3v) is 7.06. The van der Waals surface area contributed by atoms with Crippen LogP contribution in [0.2, 0.25) is 0 Å². The van der Waals surface area contributed by atoms with Crippen LogP contribution >= 0.6 is 11.3 Å². The van der Waals surface area contributed by atoms with Crippen LogP contribution in [0.25, 0.3) is 21.3 Å². The van der Waals surface area contributed by atoms with Gasteiger partial charge in [0, 0.05) is 18.0 Å². The van der Waals surface area contributed by atoms with Gasteiger partial charge in [-0.05, 0) is 32.4 Å². The van der Waals surface area contributed by atoms with Gasteiger partial charge in [0.2, 0.25) is 5.95 Å². The van der Waals surface area contributed by atoms with E-state index in [1.54, 1.807) is 4.57 Å². The zero-order valence-corrected chi connectivity index (χ0v) is 19.4. The monoisotopic (exact) mass is 468 g/mol. The molecule has 0 atom stereocenters. The van der Waals surface area contributed by atoms with E-state index >= 15 is 0 Å². The van der Waals surface area contributed by atoms with Gasteiger partial charge in [-0.1, -0.05) is 12.1 Å². The molecule has 1 fully saturated rings. The number of carbonyl (C=O) groups is 1. The number of rotatable bonds is 4. The number of benzene rings is 1. The number of fused-ring (bicyclic) bond motifs is 2. The van der Waals surface area contributed by atoms with Crippen molar-refractivity contribution in [2.45, 2.75) is 32.9 Å². The van der Waals surface area contributed by atoms with Crippen molar-refractivity contribution < 1.29 is 9.63 Å². The second kappa shape index (κ2) is 7.85. The van der Waals surface area contributed by atoms with E-state index in [2.05, 4.69) is 4.98 Å². The van der Waals surface area contributed by atoms with Crippen LogP contribution in [-0.4, -0.2) is 42.8 Å². The predicted molar refractivity (Wildman–Crippen MR) is 127 cm³/mol. The number of carbonyl (C=O) groups excluding carboxylic acids is 1. The van der Waals surface area contributed by atoms with Crippen molar-refractivity contribution >= 4 is 44.4 Å². The minimum absolute atomic E-state index is 0.205. The molecule has 0 unspecified atom stereocenters. The Morgan fingerprint density at radius 3 is 2.73 bits per heavy atom. The molecule has 1 aliphatic rings. The van der Waals surface area contributed by atoms with Crippen LogP contribution in [0, 0.1) is 0 Å². The quantitative estimate of drug-likeness (QED) is 0.490. The van der Waals surface area contributed by atoms with Gasteiger partial charge in [0.1, 0.15) is 4.83 Å². The second-order valence-corrected chi connectivity index (χ2v) is 9.41. The first-order chi connectivity index (χ1) is 15.8. The number of nitrogen functional groups attached to an aromatic ring is 1. The standard InChI is InChI=1S/C22H24N6O4S/c1-12(2)28-20-17(18(29)25(3)22(28)31)16(19(30)27-9-6-10-32-27)15(33-20)11-26-14-8-5-4-7-13(14)24-21(26)23/h4-5,7-8,12H,6,9-11H2,1-3H3,(H2,23,24). The molecule has 4 aromatic rings. The molecular weight excluding hydrogens is 444 g/mol. The molecule has 4 heterocycles. The molecule has 33 heavy (non-hydrogen) atoms. The normalized spacial score (nSPS) is 14.2. The van der Waals surface area contributed by atoms with Crippen LogP contribution < -0.4 is 17.0 Å². The van der Waals surface area contributed by atoms with E-state index in [0.29, 0.717) is 28.8 Å². The lowest BCUT2D eigenvalue weighted by Gasteiger charge is -2.16. The summed E-state index contributed by atoms with van der Waals surface area (Å²) in [5.74, 6) is -0.0820. The molecule has 1 saturated heterocycles. The highest BCUT2D eigenvalue weighted by molar-refractivity contribution is 7.19. The minimum Gasteiger partial charge on any atom is -0.369 e. The average Bonchev–Trinajstić information content (AvgIpc) is 3.50. The van der Waals surface area contributed by atoms with Crippen LogP contribution in [-0.2, 0) is 18.4 Å². The zero-order chi connectivity index (χ0) is 23.4. The van der Waals surface area contributed by atoms with Gasteiger partial charge in [-0.25, -0.2) is 14.8 Å². The van der Waals surface area contributed by atoms with Crippen LogP contribution in [0.4, 0.5) is 5.95 Å². The maximum absolute atomic E-state index is 13.6. The van der Waals surface area contributed by atoms with Crippen molar-refractivity contribution in [3.05, 3.63) is 55.5 Å². The van der Waals surface area contributed by atoms with Crippen LogP contribution in [0.3, 0.4) is 0 Å². The largest absolute Gasteiger partial charge is 0.369 e. The minimum atomic E-state index is -0.500. The molecule has 0 aliphatic carbocycles. The van der Waals surface area contributed by atoms with Gasteiger partial charge in [-0.15, -0.1) is 11.3 Å². The lowest BCUT2D eigenvalue weighted by atomic mass is 10.1. The number of anilines is 1. The number of nitrogens with zero attached hydrogens (tertiary/aromatic N) is 5. The van der Waals surface area contributed by atoms with E-state index in [0.717, 1.165) is 22.0 Å². The molecule has 1 amide bonds. The van der Waals surface area contributed by atoms with E-state index in [1.807, 2.05) is 42.7 Å². The number of amides is 1. The summed E-state index contributed by atoms with van der Waals surface area (Å²) in [6.07, 6.45) is 0.719. The van der Waals surface area contributed by atoms with Crippen molar-refractivity contribution in [2.24, 2.45) is 7.05 Å². The van der Waals surface area contributed by atoms with Crippen LogP contribution in [0.5, 0.6) is 0 Å². The number of aromatic nitrogens is 4. The number of hydrogen-bond acceptors (Lipinski definition) is 7. The zero-order valence-electron chi connectivity index (χ0n) is 18.6. The summed E-state index contributed by atoms with van der Waals surface area (Å²) in [4.78, 5) is 50.8. The van der Waals surface area contributed by atoms with Gasteiger partial charge in [0.05, 0.1) is 41.7 Å². The number of hydroxylamine groups is 2. The summed E-state index contributed by atoms with van der Waals surface area (Å²) in [7, 11) is 1.43. The molecule has 1 aromatic carbocycles. The van der Waals surface area contributed by atoms with Gasteiger partial charge >= 0.3 is 5.69 Å². The van der Waals surface area contributed by atoms with Crippen LogP contribution in [0.1, 0.15) is 41.5 Å². The number of para-hydroxylation sites is 2. The average molecular weight is 469 g/mol. The summed E-state index contributed by atoms with van der Waals surface area (Å²) in [6, 6.07) is 7.33. The first-order valence-corrected chi connectivity index (χ1v) is 11.5. The van der Waals surface area contributed by atoms with Crippen molar-refractivity contribution in [1.82, 2.24) is 23.7 Å². The van der Waals surface area contributed by atoms with Gasteiger partial charge in [0.15, 0.2) is 0 Å². The molecule has 0 spiro atoms. The van der Waals surface area contributed by atoms with Crippen molar-refractivity contribution in [3.63, 3.8) is 0 Å². The van der Waals surface area contributed by atoms with Gasteiger partial charge < -0.3 is 10.3 Å². The molecule has 172 valence electrons. The number of nitrogens with two attached hydrogens (primary N) is 1. The Morgan fingerprint density at radius 1 is 1.27 bits per heavy atom. The first-order valence-electron chi connectivity index (χ1n) is 10.7. The molecular formula is C22H24N6O4S.